The fraction of sp³-hybridized carbons (Fsp3) is 0.200. The second-order valence-corrected chi connectivity index (χ2v) is 6.62. The average Bonchev–Trinajstić information content (AvgIpc) is 2.87. The van der Waals surface area contributed by atoms with Gasteiger partial charge in [0.15, 0.2) is 5.11 Å². The number of rotatable bonds is 4. The SMILES string of the molecule is COC(=O)c1cc(C)sc1NC(=S)Nc1cc(Cl)ccc1OC. The van der Waals surface area contributed by atoms with Crippen LogP contribution < -0.4 is 15.4 Å². The standard InChI is InChI=1S/C15H15ClN2O3S2/c1-8-6-10(14(19)21-3)13(23-8)18-15(22)17-11-7-9(16)4-5-12(11)20-2/h4-7H,1-3H3,(H2,17,18,22). The highest BCUT2D eigenvalue weighted by Gasteiger charge is 2.16. The molecule has 2 aromatic rings. The van der Waals surface area contributed by atoms with Crippen molar-refractivity contribution in [3.63, 3.8) is 0 Å². The first-order chi connectivity index (χ1) is 10.9. The molecule has 1 aromatic carbocycles. The van der Waals surface area contributed by atoms with Crippen molar-refractivity contribution in [3.8, 4) is 5.75 Å². The van der Waals surface area contributed by atoms with Gasteiger partial charge in [-0.2, -0.15) is 0 Å². The summed E-state index contributed by atoms with van der Waals surface area (Å²) in [5.74, 6) is 0.189. The van der Waals surface area contributed by atoms with Crippen LogP contribution in [0.4, 0.5) is 10.7 Å². The summed E-state index contributed by atoms with van der Waals surface area (Å²) in [6.45, 7) is 1.90. The van der Waals surface area contributed by atoms with Crippen LogP contribution in [-0.4, -0.2) is 25.3 Å². The molecule has 8 heteroatoms. The fourth-order valence-electron chi connectivity index (χ4n) is 1.90. The number of hydrogen-bond donors (Lipinski definition) is 2. The van der Waals surface area contributed by atoms with Gasteiger partial charge in [-0.1, -0.05) is 11.6 Å². The minimum atomic E-state index is -0.417. The van der Waals surface area contributed by atoms with Crippen molar-refractivity contribution in [1.29, 1.82) is 0 Å². The maximum Gasteiger partial charge on any atom is 0.340 e. The Morgan fingerprint density at radius 3 is 2.65 bits per heavy atom. The van der Waals surface area contributed by atoms with Crippen LogP contribution in [0.3, 0.4) is 0 Å². The number of methoxy groups -OCH3 is 2. The zero-order valence-corrected chi connectivity index (χ0v) is 15.1. The molecule has 5 nitrogen and oxygen atoms in total. The fourth-order valence-corrected chi connectivity index (χ4v) is 3.26. The van der Waals surface area contributed by atoms with Crippen LogP contribution in [0.25, 0.3) is 0 Å². The van der Waals surface area contributed by atoms with Crippen molar-refractivity contribution in [2.24, 2.45) is 0 Å². The Morgan fingerprint density at radius 1 is 1.26 bits per heavy atom. The van der Waals surface area contributed by atoms with E-state index in [4.69, 9.17) is 33.3 Å². The lowest BCUT2D eigenvalue weighted by atomic mass is 10.3. The van der Waals surface area contributed by atoms with Crippen molar-refractivity contribution < 1.29 is 14.3 Å². The monoisotopic (exact) mass is 370 g/mol. The molecule has 23 heavy (non-hydrogen) atoms. The molecule has 0 aliphatic heterocycles. The Labute approximate surface area is 148 Å². The molecule has 0 spiro atoms. The van der Waals surface area contributed by atoms with Gasteiger partial charge in [0.05, 0.1) is 25.5 Å². The Balaban J connectivity index is 2.18. The lowest BCUT2D eigenvalue weighted by molar-refractivity contribution is 0.0602. The number of ether oxygens (including phenoxy) is 2. The van der Waals surface area contributed by atoms with Crippen molar-refractivity contribution in [2.45, 2.75) is 6.92 Å². The smallest absolute Gasteiger partial charge is 0.340 e. The molecule has 122 valence electrons. The molecule has 0 bridgehead atoms. The van der Waals surface area contributed by atoms with E-state index < -0.39 is 5.97 Å². The van der Waals surface area contributed by atoms with Gasteiger partial charge in [-0.25, -0.2) is 4.79 Å². The predicted octanol–water partition coefficient (Wildman–Crippen LogP) is 4.31. The van der Waals surface area contributed by atoms with Gasteiger partial charge >= 0.3 is 5.97 Å². The molecule has 1 heterocycles. The van der Waals surface area contributed by atoms with Crippen LogP contribution in [0.15, 0.2) is 24.3 Å². The summed E-state index contributed by atoms with van der Waals surface area (Å²) in [4.78, 5) is 12.7. The summed E-state index contributed by atoms with van der Waals surface area (Å²) in [5, 5.41) is 7.50. The third-order valence-corrected chi connectivity index (χ3v) is 4.30. The second kappa shape index (κ2) is 7.63. The number of benzene rings is 1. The van der Waals surface area contributed by atoms with Gasteiger partial charge in [0.25, 0.3) is 0 Å². The van der Waals surface area contributed by atoms with Gasteiger partial charge in [-0.3, -0.25) is 0 Å². The van der Waals surface area contributed by atoms with E-state index in [0.29, 0.717) is 32.1 Å². The molecule has 2 rings (SSSR count). The van der Waals surface area contributed by atoms with E-state index in [9.17, 15) is 4.79 Å². The maximum absolute atomic E-state index is 11.8. The number of thiocarbonyl (C=S) groups is 1. The molecule has 0 amide bonds. The van der Waals surface area contributed by atoms with E-state index in [2.05, 4.69) is 10.6 Å². The van der Waals surface area contributed by atoms with Crippen LogP contribution >= 0.6 is 35.2 Å². The molecule has 2 N–H and O–H groups in total. The molecule has 0 unspecified atom stereocenters. The van der Waals surface area contributed by atoms with E-state index >= 15 is 0 Å². The summed E-state index contributed by atoms with van der Waals surface area (Å²) in [6.07, 6.45) is 0. The van der Waals surface area contributed by atoms with Crippen LogP contribution in [0.1, 0.15) is 15.2 Å². The third-order valence-electron chi connectivity index (χ3n) is 2.90. The van der Waals surface area contributed by atoms with Crippen LogP contribution in [0.2, 0.25) is 5.02 Å². The zero-order valence-electron chi connectivity index (χ0n) is 12.7. The first-order valence-electron chi connectivity index (χ1n) is 6.55. The van der Waals surface area contributed by atoms with Gasteiger partial charge in [0, 0.05) is 9.90 Å². The maximum atomic E-state index is 11.8. The summed E-state index contributed by atoms with van der Waals surface area (Å²) in [6, 6.07) is 6.92. The third kappa shape index (κ3) is 4.34. The highest BCUT2D eigenvalue weighted by molar-refractivity contribution is 7.80. The van der Waals surface area contributed by atoms with Crippen LogP contribution in [0.5, 0.6) is 5.75 Å². The molecule has 1 aromatic heterocycles. The van der Waals surface area contributed by atoms with Gasteiger partial charge in [-0.15, -0.1) is 11.3 Å². The molecular weight excluding hydrogens is 356 g/mol. The first-order valence-corrected chi connectivity index (χ1v) is 8.15. The largest absolute Gasteiger partial charge is 0.495 e. The number of aryl methyl sites for hydroxylation is 1. The summed E-state index contributed by atoms with van der Waals surface area (Å²) in [5.41, 5.74) is 1.07. The highest BCUT2D eigenvalue weighted by Crippen LogP contribution is 2.30. The number of halogens is 1. The zero-order chi connectivity index (χ0) is 17.0. The van der Waals surface area contributed by atoms with Gasteiger partial charge in [0.2, 0.25) is 0 Å². The first kappa shape index (κ1) is 17.5. The minimum absolute atomic E-state index is 0.317. The lowest BCUT2D eigenvalue weighted by Crippen LogP contribution is -2.20. The van der Waals surface area contributed by atoms with E-state index in [1.54, 1.807) is 31.4 Å². The molecule has 0 fully saturated rings. The molecule has 0 saturated heterocycles. The van der Waals surface area contributed by atoms with E-state index in [0.717, 1.165) is 4.88 Å². The van der Waals surface area contributed by atoms with Gasteiger partial charge < -0.3 is 20.1 Å². The van der Waals surface area contributed by atoms with E-state index in [1.165, 1.54) is 18.4 Å². The Kier molecular flexibility index (Phi) is 5.81. The summed E-state index contributed by atoms with van der Waals surface area (Å²) < 4.78 is 10.0. The van der Waals surface area contributed by atoms with Crippen LogP contribution in [-0.2, 0) is 4.74 Å². The van der Waals surface area contributed by atoms with Crippen molar-refractivity contribution >= 4 is 56.9 Å². The predicted molar refractivity (Wildman–Crippen MR) is 98.2 cm³/mol. The van der Waals surface area contributed by atoms with E-state index in [-0.39, 0.29) is 0 Å². The highest BCUT2D eigenvalue weighted by atomic mass is 35.5. The number of nitrogens with one attached hydrogen (secondary N) is 2. The van der Waals surface area contributed by atoms with Crippen LogP contribution in [0, 0.1) is 6.92 Å². The second-order valence-electron chi connectivity index (χ2n) is 4.52. The number of carbonyl (C=O) groups excluding carboxylic acids is 1. The number of anilines is 2. The van der Waals surface area contributed by atoms with Gasteiger partial charge in [-0.05, 0) is 43.4 Å². The summed E-state index contributed by atoms with van der Waals surface area (Å²) in [7, 11) is 2.90. The molecule has 0 radical (unpaired) electrons. The normalized spacial score (nSPS) is 10.1. The Bertz CT molecular complexity index is 746. The topological polar surface area (TPSA) is 59.6 Å². The van der Waals surface area contributed by atoms with Crippen molar-refractivity contribution in [2.75, 3.05) is 24.9 Å². The molecular formula is C15H15ClN2O3S2. The van der Waals surface area contributed by atoms with Crippen molar-refractivity contribution in [3.05, 3.63) is 39.7 Å². The quantitative estimate of drug-likeness (QED) is 0.617. The minimum Gasteiger partial charge on any atom is -0.495 e. The number of hydrogen-bond acceptors (Lipinski definition) is 5. The molecule has 0 aliphatic rings. The Hall–Kier alpha value is -1.83. The lowest BCUT2D eigenvalue weighted by Gasteiger charge is -2.13. The summed E-state index contributed by atoms with van der Waals surface area (Å²) >= 11 is 12.7. The number of esters is 1. The molecule has 0 aliphatic carbocycles. The molecule has 0 atom stereocenters. The average molecular weight is 371 g/mol. The van der Waals surface area contributed by atoms with Crippen molar-refractivity contribution in [1.82, 2.24) is 0 Å². The Morgan fingerprint density at radius 2 is 2.00 bits per heavy atom. The number of carbonyl (C=O) groups is 1. The number of thiophene rings is 1. The van der Waals surface area contributed by atoms with Gasteiger partial charge in [0.1, 0.15) is 10.8 Å². The van der Waals surface area contributed by atoms with E-state index in [1.807, 2.05) is 6.92 Å². The molecule has 0 saturated carbocycles.